The maximum Gasteiger partial charge on any atom is 0.419 e. The highest BCUT2D eigenvalue weighted by Crippen LogP contribution is 2.60. The summed E-state index contributed by atoms with van der Waals surface area (Å²) in [5.74, 6) is 2.11. The smallest absolute Gasteiger partial charge is 0.419 e. The van der Waals surface area contributed by atoms with Crippen LogP contribution in [-0.4, -0.2) is 40.5 Å². The molecule has 1 aromatic carbocycles. The number of nitrogens with zero attached hydrogens (tertiary/aromatic N) is 2. The number of thiocarbonyl (C=S) groups is 1. The average Bonchev–Trinajstić information content (AvgIpc) is 3.27. The summed E-state index contributed by atoms with van der Waals surface area (Å²) < 4.78 is 12.2. The van der Waals surface area contributed by atoms with Crippen LogP contribution >= 0.6 is 12.2 Å². The van der Waals surface area contributed by atoms with E-state index in [1.807, 2.05) is 24.3 Å². The first-order valence-electron chi connectivity index (χ1n) is 10.2. The number of aromatic nitrogens is 2. The maximum absolute atomic E-state index is 12.2. The SMILES string of the molecule is COc1cccc(NC(=S)N[C@H]2[C@@H](COC(=O)n3ccnc3)C[C@H]3C[C@@H]2C3(C)C)c1. The number of anilines is 1. The topological polar surface area (TPSA) is 77.4 Å². The fourth-order valence-electron chi connectivity index (χ4n) is 4.94. The van der Waals surface area contributed by atoms with Crippen LogP contribution in [0.3, 0.4) is 0 Å². The molecule has 0 amide bonds. The fourth-order valence-corrected chi connectivity index (χ4v) is 5.19. The lowest BCUT2D eigenvalue weighted by molar-refractivity contribution is -0.118. The monoisotopic (exact) mass is 428 g/mol. The van der Waals surface area contributed by atoms with Gasteiger partial charge in [-0.3, -0.25) is 0 Å². The molecule has 4 atom stereocenters. The number of imidazole rings is 1. The number of carbonyl (C=O) groups is 1. The average molecular weight is 429 g/mol. The van der Waals surface area contributed by atoms with E-state index in [-0.39, 0.29) is 17.4 Å². The van der Waals surface area contributed by atoms with E-state index < -0.39 is 6.09 Å². The first-order valence-corrected chi connectivity index (χ1v) is 10.7. The molecule has 8 heteroatoms. The second kappa shape index (κ2) is 8.26. The number of hydrogen-bond donors (Lipinski definition) is 2. The molecule has 1 aromatic heterocycles. The molecule has 3 aliphatic rings. The molecule has 160 valence electrons. The van der Waals surface area contributed by atoms with E-state index >= 15 is 0 Å². The van der Waals surface area contributed by atoms with Crippen molar-refractivity contribution in [1.29, 1.82) is 0 Å². The molecule has 0 spiro atoms. The Morgan fingerprint density at radius 3 is 2.90 bits per heavy atom. The van der Waals surface area contributed by atoms with Gasteiger partial charge in [0, 0.05) is 36.1 Å². The highest BCUT2D eigenvalue weighted by Gasteiger charge is 2.58. The number of benzene rings is 1. The molecule has 30 heavy (non-hydrogen) atoms. The van der Waals surface area contributed by atoms with Gasteiger partial charge in [0.1, 0.15) is 12.1 Å². The van der Waals surface area contributed by atoms with Gasteiger partial charge in [-0.05, 0) is 54.4 Å². The zero-order chi connectivity index (χ0) is 21.3. The first kappa shape index (κ1) is 20.7. The van der Waals surface area contributed by atoms with E-state index in [9.17, 15) is 4.79 Å². The van der Waals surface area contributed by atoms with Crippen LogP contribution in [0.4, 0.5) is 10.5 Å². The second-order valence-corrected chi connectivity index (χ2v) is 9.17. The van der Waals surface area contributed by atoms with Crippen LogP contribution in [0.1, 0.15) is 26.7 Å². The van der Waals surface area contributed by atoms with Crippen LogP contribution in [0.15, 0.2) is 43.0 Å². The fraction of sp³-hybridized carbons (Fsp3) is 0.500. The Morgan fingerprint density at radius 1 is 1.37 bits per heavy atom. The van der Waals surface area contributed by atoms with Crippen molar-refractivity contribution in [2.45, 2.75) is 32.7 Å². The molecular weight excluding hydrogens is 400 g/mol. The molecule has 2 N–H and O–H groups in total. The highest BCUT2D eigenvalue weighted by molar-refractivity contribution is 7.80. The van der Waals surface area contributed by atoms with E-state index in [1.165, 1.54) is 17.3 Å². The van der Waals surface area contributed by atoms with Gasteiger partial charge in [0.25, 0.3) is 0 Å². The molecule has 0 aliphatic heterocycles. The van der Waals surface area contributed by atoms with Gasteiger partial charge in [-0.25, -0.2) is 14.3 Å². The van der Waals surface area contributed by atoms with Crippen molar-refractivity contribution >= 4 is 29.1 Å². The third-order valence-corrected chi connectivity index (χ3v) is 7.06. The largest absolute Gasteiger partial charge is 0.497 e. The summed E-state index contributed by atoms with van der Waals surface area (Å²) in [4.78, 5) is 16.1. The molecule has 2 aromatic rings. The third-order valence-electron chi connectivity index (χ3n) is 6.84. The van der Waals surface area contributed by atoms with E-state index in [0.717, 1.165) is 17.9 Å². The summed E-state index contributed by atoms with van der Waals surface area (Å²) in [6.07, 6.45) is 6.40. The van der Waals surface area contributed by atoms with Crippen LogP contribution < -0.4 is 15.4 Å². The number of nitrogens with one attached hydrogen (secondary N) is 2. The van der Waals surface area contributed by atoms with Gasteiger partial charge in [0.15, 0.2) is 5.11 Å². The van der Waals surface area contributed by atoms with Gasteiger partial charge in [0.2, 0.25) is 0 Å². The van der Waals surface area contributed by atoms with Crippen molar-refractivity contribution in [3.8, 4) is 5.75 Å². The summed E-state index contributed by atoms with van der Waals surface area (Å²) >= 11 is 5.61. The lowest BCUT2D eigenvalue weighted by Crippen LogP contribution is -2.64. The minimum absolute atomic E-state index is 0.145. The molecule has 5 rings (SSSR count). The van der Waals surface area contributed by atoms with Gasteiger partial charge >= 0.3 is 6.09 Å². The zero-order valence-corrected chi connectivity index (χ0v) is 18.3. The molecule has 0 radical (unpaired) electrons. The Morgan fingerprint density at radius 2 is 2.20 bits per heavy atom. The Kier molecular flexibility index (Phi) is 5.69. The van der Waals surface area contributed by atoms with E-state index in [0.29, 0.717) is 23.6 Å². The van der Waals surface area contributed by atoms with Crippen LogP contribution in [0.25, 0.3) is 0 Å². The lowest BCUT2D eigenvalue weighted by atomic mass is 9.45. The molecule has 1 heterocycles. The second-order valence-electron chi connectivity index (χ2n) is 8.76. The van der Waals surface area contributed by atoms with Gasteiger partial charge in [-0.1, -0.05) is 19.9 Å². The van der Waals surface area contributed by atoms with E-state index in [1.54, 1.807) is 19.5 Å². The quantitative estimate of drug-likeness (QED) is 0.699. The van der Waals surface area contributed by atoms with E-state index in [4.69, 9.17) is 21.7 Å². The third kappa shape index (κ3) is 4.01. The molecule has 2 bridgehead atoms. The van der Waals surface area contributed by atoms with Gasteiger partial charge < -0.3 is 20.1 Å². The summed E-state index contributed by atoms with van der Waals surface area (Å²) in [6, 6.07) is 7.81. The summed E-state index contributed by atoms with van der Waals surface area (Å²) in [5.41, 5.74) is 1.13. The lowest BCUT2D eigenvalue weighted by Gasteiger charge is -2.62. The normalized spacial score (nSPS) is 26.2. The molecule has 0 unspecified atom stereocenters. The number of methoxy groups -OCH3 is 1. The van der Waals surface area contributed by atoms with Crippen molar-refractivity contribution in [3.63, 3.8) is 0 Å². The summed E-state index contributed by atoms with van der Waals surface area (Å²) in [6.45, 7) is 5.01. The zero-order valence-electron chi connectivity index (χ0n) is 17.5. The number of ether oxygens (including phenoxy) is 2. The Balaban J connectivity index is 1.41. The predicted octanol–water partition coefficient (Wildman–Crippen LogP) is 3.91. The Bertz CT molecular complexity index is 915. The van der Waals surface area contributed by atoms with Crippen molar-refractivity contribution in [3.05, 3.63) is 43.0 Å². The molecular formula is C22H28N4O3S. The van der Waals surface area contributed by atoms with Crippen molar-refractivity contribution in [1.82, 2.24) is 14.9 Å². The minimum Gasteiger partial charge on any atom is -0.497 e. The standard InChI is InChI=1S/C22H28N4O3S/c1-22(2)15-9-14(12-29-21(27)26-8-7-23-13-26)19(18(22)10-15)25-20(30)24-16-5-4-6-17(11-16)28-3/h4-8,11,13-15,18-19H,9-10,12H2,1-3H3,(H2,24,25,30)/t14-,15+,18+,19+/m1/s1. The number of carbonyl (C=O) groups excluding carboxylic acids is 1. The Hall–Kier alpha value is -2.61. The first-order chi connectivity index (χ1) is 14.4. The van der Waals surface area contributed by atoms with Crippen molar-refractivity contribution in [2.24, 2.45) is 23.2 Å². The molecule has 3 saturated carbocycles. The summed E-state index contributed by atoms with van der Waals surface area (Å²) in [5, 5.41) is 7.35. The van der Waals surface area contributed by atoms with Crippen molar-refractivity contribution in [2.75, 3.05) is 19.0 Å². The molecule has 3 fully saturated rings. The number of fused-ring (bicyclic) bond motifs is 2. The van der Waals surface area contributed by atoms with Gasteiger partial charge in [0.05, 0.1) is 13.7 Å². The number of rotatable bonds is 5. The minimum atomic E-state index is -0.401. The number of hydrogen-bond acceptors (Lipinski definition) is 5. The van der Waals surface area contributed by atoms with Gasteiger partial charge in [-0.2, -0.15) is 0 Å². The molecule has 3 aliphatic carbocycles. The van der Waals surface area contributed by atoms with Crippen LogP contribution in [0.5, 0.6) is 5.75 Å². The van der Waals surface area contributed by atoms with E-state index in [2.05, 4.69) is 29.5 Å². The highest BCUT2D eigenvalue weighted by atomic mass is 32.1. The van der Waals surface area contributed by atoms with Crippen molar-refractivity contribution < 1.29 is 14.3 Å². The van der Waals surface area contributed by atoms with Crippen LogP contribution in [0.2, 0.25) is 0 Å². The summed E-state index contributed by atoms with van der Waals surface area (Å²) in [7, 11) is 1.64. The van der Waals surface area contributed by atoms with Gasteiger partial charge in [-0.15, -0.1) is 0 Å². The Labute approximate surface area is 182 Å². The maximum atomic E-state index is 12.2. The molecule has 7 nitrogen and oxygen atoms in total. The van der Waals surface area contributed by atoms with Crippen LogP contribution in [-0.2, 0) is 4.74 Å². The van der Waals surface area contributed by atoms with Crippen LogP contribution in [0, 0.1) is 23.2 Å². The predicted molar refractivity (Wildman–Crippen MR) is 119 cm³/mol. The molecule has 0 saturated heterocycles.